The summed E-state index contributed by atoms with van der Waals surface area (Å²) >= 11 is 1.68. The first kappa shape index (κ1) is 27.0. The van der Waals surface area contributed by atoms with Gasteiger partial charge in [0.2, 0.25) is 0 Å². The van der Waals surface area contributed by atoms with Gasteiger partial charge in [-0.05, 0) is 43.6 Å². The lowest BCUT2D eigenvalue weighted by Crippen LogP contribution is -2.54. The van der Waals surface area contributed by atoms with Crippen LogP contribution in [0.2, 0.25) is 0 Å². The van der Waals surface area contributed by atoms with Crippen molar-refractivity contribution in [3.05, 3.63) is 46.7 Å². The van der Waals surface area contributed by atoms with Gasteiger partial charge in [0.15, 0.2) is 0 Å². The van der Waals surface area contributed by atoms with E-state index in [0.717, 1.165) is 57.3 Å². The molecule has 1 aliphatic rings. The van der Waals surface area contributed by atoms with Gasteiger partial charge >= 0.3 is 11.8 Å². The molecule has 2 heterocycles. The Kier molecular flexibility index (Phi) is 10.4. The molecule has 0 spiro atoms. The Bertz CT molecular complexity index is 927. The second-order valence-electron chi connectivity index (χ2n) is 8.70. The number of amides is 2. The largest absolute Gasteiger partial charge is 0.495 e. The fourth-order valence-electron chi connectivity index (χ4n) is 4.63. The van der Waals surface area contributed by atoms with E-state index in [1.54, 1.807) is 18.4 Å². The van der Waals surface area contributed by atoms with Gasteiger partial charge in [0, 0.05) is 50.2 Å². The molecule has 0 bridgehead atoms. The lowest BCUT2D eigenvalue weighted by molar-refractivity contribution is -0.139. The molecule has 0 aliphatic carbocycles. The molecule has 1 aromatic carbocycles. The van der Waals surface area contributed by atoms with E-state index < -0.39 is 11.8 Å². The Labute approximate surface area is 213 Å². The van der Waals surface area contributed by atoms with Crippen LogP contribution >= 0.6 is 11.3 Å². The number of rotatable bonds is 11. The van der Waals surface area contributed by atoms with Crippen LogP contribution in [-0.4, -0.2) is 87.1 Å². The molecule has 2 aromatic rings. The van der Waals surface area contributed by atoms with Crippen molar-refractivity contribution < 1.29 is 14.3 Å². The van der Waals surface area contributed by atoms with Crippen LogP contribution in [0.4, 0.5) is 5.69 Å². The average Bonchev–Trinajstić information content (AvgIpc) is 3.41. The molecule has 9 heteroatoms. The van der Waals surface area contributed by atoms with Crippen LogP contribution in [-0.2, 0) is 9.59 Å². The molecule has 1 aliphatic heterocycles. The number of hydrogen-bond acceptors (Lipinski definition) is 7. The van der Waals surface area contributed by atoms with Gasteiger partial charge in [-0.2, -0.15) is 0 Å². The Hall–Kier alpha value is -2.62. The van der Waals surface area contributed by atoms with Crippen molar-refractivity contribution in [2.24, 2.45) is 0 Å². The van der Waals surface area contributed by atoms with Crippen molar-refractivity contribution in [1.29, 1.82) is 0 Å². The zero-order chi connectivity index (χ0) is 25.2. The van der Waals surface area contributed by atoms with Crippen LogP contribution in [0.1, 0.15) is 31.7 Å². The van der Waals surface area contributed by atoms with E-state index in [9.17, 15) is 9.59 Å². The van der Waals surface area contributed by atoms with E-state index in [0.29, 0.717) is 6.54 Å². The summed E-state index contributed by atoms with van der Waals surface area (Å²) in [4.78, 5) is 33.2. The fraction of sp³-hybridized carbons (Fsp3) is 0.538. The normalized spacial score (nSPS) is 16.1. The molecule has 192 valence electrons. The molecule has 1 fully saturated rings. The van der Waals surface area contributed by atoms with Crippen LogP contribution in [0.15, 0.2) is 41.8 Å². The maximum Gasteiger partial charge on any atom is 0.309 e. The first-order chi connectivity index (χ1) is 17.0. The summed E-state index contributed by atoms with van der Waals surface area (Å²) in [6.45, 7) is 12.6. The second kappa shape index (κ2) is 13.5. The van der Waals surface area contributed by atoms with Gasteiger partial charge in [0.25, 0.3) is 0 Å². The van der Waals surface area contributed by atoms with Crippen LogP contribution in [0.25, 0.3) is 0 Å². The van der Waals surface area contributed by atoms with E-state index in [1.165, 1.54) is 4.88 Å². The van der Waals surface area contributed by atoms with E-state index >= 15 is 0 Å². The van der Waals surface area contributed by atoms with Gasteiger partial charge in [-0.1, -0.05) is 32.0 Å². The maximum atomic E-state index is 12.7. The molecule has 8 nitrogen and oxygen atoms in total. The Balaban J connectivity index is 1.60. The summed E-state index contributed by atoms with van der Waals surface area (Å²) in [5.74, 6) is -0.274. The highest BCUT2D eigenvalue weighted by Gasteiger charge is 2.32. The van der Waals surface area contributed by atoms with E-state index in [4.69, 9.17) is 4.74 Å². The third-order valence-corrected chi connectivity index (χ3v) is 7.56. The average molecular weight is 502 g/mol. The van der Waals surface area contributed by atoms with Crippen LogP contribution in [0.5, 0.6) is 5.75 Å². The molecule has 0 radical (unpaired) electrons. The number of thiophene rings is 1. The minimum atomic E-state index is -0.578. The van der Waals surface area contributed by atoms with Crippen molar-refractivity contribution in [1.82, 2.24) is 20.4 Å². The maximum absolute atomic E-state index is 12.7. The van der Waals surface area contributed by atoms with Crippen LogP contribution in [0.3, 0.4) is 0 Å². The first-order valence-corrected chi connectivity index (χ1v) is 13.3. The monoisotopic (exact) mass is 501 g/mol. The first-order valence-electron chi connectivity index (χ1n) is 12.4. The SMILES string of the molecule is CCN(CC)CCNC(=O)C(=O)N[C@H](C)[C@H](c1cccs1)N1CCN(c2ccccc2OC)CC1. The number of benzene rings is 1. The second-order valence-corrected chi connectivity index (χ2v) is 9.68. The van der Waals surface area contributed by atoms with E-state index in [-0.39, 0.29) is 12.1 Å². The number of hydrogen-bond donors (Lipinski definition) is 2. The predicted molar refractivity (Wildman–Crippen MR) is 142 cm³/mol. The molecule has 2 amide bonds. The number of carbonyl (C=O) groups is 2. The standard InChI is InChI=1S/C26H39N5O3S/c1-5-29(6-2)14-13-27-25(32)26(33)28-20(3)24(23-12-9-19-35-23)31-17-15-30(16-18-31)21-10-7-8-11-22(21)34-4/h7-12,19-20,24H,5-6,13-18H2,1-4H3,(H,27,32)(H,28,33)/t20-,24-/m1/s1. The molecular weight excluding hydrogens is 462 g/mol. The zero-order valence-corrected chi connectivity index (χ0v) is 22.1. The highest BCUT2D eigenvalue weighted by molar-refractivity contribution is 7.10. The van der Waals surface area contributed by atoms with Crippen molar-refractivity contribution in [3.8, 4) is 5.75 Å². The Morgan fingerprint density at radius 1 is 1.06 bits per heavy atom. The van der Waals surface area contributed by atoms with Gasteiger partial charge in [0.1, 0.15) is 5.75 Å². The fourth-order valence-corrected chi connectivity index (χ4v) is 5.60. The molecule has 0 unspecified atom stereocenters. The number of anilines is 1. The van der Waals surface area contributed by atoms with E-state index in [2.05, 4.69) is 56.7 Å². The summed E-state index contributed by atoms with van der Waals surface area (Å²) in [6, 6.07) is 12.0. The minimum absolute atomic E-state index is 0.00208. The number of nitrogens with zero attached hydrogens (tertiary/aromatic N) is 3. The molecule has 1 aromatic heterocycles. The van der Waals surface area contributed by atoms with E-state index in [1.807, 2.05) is 31.2 Å². The molecule has 3 rings (SSSR count). The molecule has 2 N–H and O–H groups in total. The summed E-state index contributed by atoms with van der Waals surface area (Å²) in [7, 11) is 1.70. The van der Waals surface area contributed by atoms with Gasteiger partial charge in [-0.3, -0.25) is 14.5 Å². The van der Waals surface area contributed by atoms with Gasteiger partial charge in [-0.25, -0.2) is 0 Å². The summed E-state index contributed by atoms with van der Waals surface area (Å²) in [6.07, 6.45) is 0. The topological polar surface area (TPSA) is 77.2 Å². The third kappa shape index (κ3) is 7.19. The van der Waals surface area contributed by atoms with Crippen molar-refractivity contribution in [3.63, 3.8) is 0 Å². The summed E-state index contributed by atoms with van der Waals surface area (Å²) < 4.78 is 5.55. The third-order valence-electron chi connectivity index (χ3n) is 6.61. The number of nitrogens with one attached hydrogen (secondary N) is 2. The summed E-state index contributed by atoms with van der Waals surface area (Å²) in [5.41, 5.74) is 1.10. The van der Waals surface area contributed by atoms with Crippen LogP contribution in [0, 0.1) is 0 Å². The Morgan fingerprint density at radius 2 is 1.77 bits per heavy atom. The zero-order valence-electron chi connectivity index (χ0n) is 21.3. The van der Waals surface area contributed by atoms with Crippen molar-refractivity contribution in [2.75, 3.05) is 64.4 Å². The highest BCUT2D eigenvalue weighted by atomic mass is 32.1. The minimum Gasteiger partial charge on any atom is -0.495 e. The number of likely N-dealkylation sites (N-methyl/N-ethyl adjacent to an activating group) is 1. The molecule has 1 saturated heterocycles. The van der Waals surface area contributed by atoms with Gasteiger partial charge in [0.05, 0.1) is 18.8 Å². The quantitative estimate of drug-likeness (QED) is 0.461. The predicted octanol–water partition coefficient (Wildman–Crippen LogP) is 2.58. The lowest BCUT2D eigenvalue weighted by atomic mass is 10.0. The van der Waals surface area contributed by atoms with Crippen LogP contribution < -0.4 is 20.3 Å². The number of piperazine rings is 1. The number of methoxy groups -OCH3 is 1. The Morgan fingerprint density at radius 3 is 2.40 bits per heavy atom. The molecular formula is C26H39N5O3S. The number of carbonyl (C=O) groups excluding carboxylic acids is 2. The smallest absolute Gasteiger partial charge is 0.309 e. The highest BCUT2D eigenvalue weighted by Crippen LogP contribution is 2.32. The van der Waals surface area contributed by atoms with Gasteiger partial charge < -0.3 is 25.2 Å². The number of ether oxygens (including phenoxy) is 1. The summed E-state index contributed by atoms with van der Waals surface area (Å²) in [5, 5.41) is 7.77. The van der Waals surface area contributed by atoms with Crippen molar-refractivity contribution in [2.45, 2.75) is 32.9 Å². The van der Waals surface area contributed by atoms with Crippen molar-refractivity contribution >= 4 is 28.8 Å². The molecule has 35 heavy (non-hydrogen) atoms. The van der Waals surface area contributed by atoms with Gasteiger partial charge in [-0.15, -0.1) is 11.3 Å². The molecule has 2 atom stereocenters. The lowest BCUT2D eigenvalue weighted by Gasteiger charge is -2.42. The number of para-hydroxylation sites is 2. The molecule has 0 saturated carbocycles.